The van der Waals surface area contributed by atoms with Crippen LogP contribution in [0.2, 0.25) is 5.02 Å². The number of primary amides is 1. The molecule has 0 aliphatic rings. The van der Waals surface area contributed by atoms with Gasteiger partial charge in [-0.1, -0.05) is 11.6 Å². The van der Waals surface area contributed by atoms with Gasteiger partial charge in [0.25, 0.3) is 15.6 Å². The van der Waals surface area contributed by atoms with Gasteiger partial charge in [-0.2, -0.15) is 0 Å². The third-order valence-corrected chi connectivity index (χ3v) is 4.20. The molecule has 0 spiro atoms. The van der Waals surface area contributed by atoms with E-state index in [0.717, 1.165) is 12.3 Å². The van der Waals surface area contributed by atoms with E-state index in [0.29, 0.717) is 0 Å². The Morgan fingerprint density at radius 2 is 1.86 bits per heavy atom. The number of carbonyl (C=O) groups excluding carboxylic acids is 1. The number of amides is 1. The highest BCUT2D eigenvalue weighted by Crippen LogP contribution is 2.17. The molecule has 9 heteroatoms. The van der Waals surface area contributed by atoms with E-state index in [-0.39, 0.29) is 21.2 Å². The Balaban J connectivity index is 2.30. The summed E-state index contributed by atoms with van der Waals surface area (Å²) in [5.41, 5.74) is 5.00. The smallest absolute Gasteiger partial charge is 0.266 e. The Morgan fingerprint density at radius 1 is 1.24 bits per heavy atom. The first-order valence-corrected chi connectivity index (χ1v) is 7.46. The lowest BCUT2D eigenvalue weighted by Crippen LogP contribution is -2.16. The lowest BCUT2D eigenvalue weighted by atomic mass is 10.2. The highest BCUT2D eigenvalue weighted by molar-refractivity contribution is 7.92. The van der Waals surface area contributed by atoms with Gasteiger partial charge in [-0.15, -0.1) is 0 Å². The zero-order valence-corrected chi connectivity index (χ0v) is 12.0. The van der Waals surface area contributed by atoms with Crippen molar-refractivity contribution in [3.05, 3.63) is 57.5 Å². The van der Waals surface area contributed by atoms with Crippen molar-refractivity contribution in [1.82, 2.24) is 4.98 Å². The topological polar surface area (TPSA) is 122 Å². The van der Waals surface area contributed by atoms with Gasteiger partial charge < -0.3 is 10.7 Å². The molecule has 2 rings (SSSR count). The maximum absolute atomic E-state index is 12.1. The number of halogens is 1. The fraction of sp³-hybridized carbons (Fsp3) is 0. The van der Waals surface area contributed by atoms with Gasteiger partial charge in [0.2, 0.25) is 5.91 Å². The Morgan fingerprint density at radius 3 is 2.38 bits per heavy atom. The number of nitrogens with one attached hydrogen (secondary N) is 2. The number of sulfonamides is 1. The summed E-state index contributed by atoms with van der Waals surface area (Å²) in [7, 11) is -3.91. The van der Waals surface area contributed by atoms with Gasteiger partial charge in [0.05, 0.1) is 0 Å². The molecule has 0 unspecified atom stereocenters. The van der Waals surface area contributed by atoms with Crippen LogP contribution in [0.4, 0.5) is 5.69 Å². The maximum atomic E-state index is 12.1. The molecule has 0 saturated heterocycles. The van der Waals surface area contributed by atoms with Gasteiger partial charge in [-0.3, -0.25) is 14.3 Å². The molecule has 7 nitrogen and oxygen atoms in total. The zero-order chi connectivity index (χ0) is 15.6. The van der Waals surface area contributed by atoms with Crippen molar-refractivity contribution in [3.8, 4) is 0 Å². The fourth-order valence-corrected chi connectivity index (χ4v) is 2.80. The number of hydrogen-bond acceptors (Lipinski definition) is 4. The lowest BCUT2D eigenvalue weighted by molar-refractivity contribution is 0.100. The van der Waals surface area contributed by atoms with E-state index in [4.69, 9.17) is 17.3 Å². The Kier molecular flexibility index (Phi) is 4.01. The summed E-state index contributed by atoms with van der Waals surface area (Å²) in [6, 6.07) is 6.61. The third kappa shape index (κ3) is 3.41. The van der Waals surface area contributed by atoms with Crippen LogP contribution in [-0.2, 0) is 10.0 Å². The summed E-state index contributed by atoms with van der Waals surface area (Å²) in [6.07, 6.45) is 1.04. The summed E-state index contributed by atoms with van der Waals surface area (Å²) in [4.78, 5) is 24.1. The first-order valence-electron chi connectivity index (χ1n) is 5.60. The number of pyridine rings is 1. The van der Waals surface area contributed by atoms with Gasteiger partial charge in [0, 0.05) is 17.4 Å². The predicted octanol–water partition coefficient (Wildman–Crippen LogP) is 0.928. The minimum atomic E-state index is -3.91. The van der Waals surface area contributed by atoms with Crippen LogP contribution >= 0.6 is 11.6 Å². The first kappa shape index (κ1) is 15.1. The monoisotopic (exact) mass is 327 g/mol. The van der Waals surface area contributed by atoms with Gasteiger partial charge in [-0.05, 0) is 30.3 Å². The SMILES string of the molecule is NC(=O)c1ccc(NS(=O)(=O)c2c[nH]c(=O)c(Cl)c2)cc1. The fourth-order valence-electron chi connectivity index (χ4n) is 1.51. The van der Waals surface area contributed by atoms with Crippen molar-refractivity contribution >= 4 is 33.2 Å². The number of aromatic amines is 1. The standard InChI is InChI=1S/C12H10ClN3O4S/c13-10-5-9(6-15-12(10)18)21(19,20)16-8-3-1-7(2-4-8)11(14)17/h1-6,16H,(H2,14,17)(H,15,18). The van der Waals surface area contributed by atoms with Crippen LogP contribution in [0, 0.1) is 0 Å². The van der Waals surface area contributed by atoms with Crippen LogP contribution < -0.4 is 16.0 Å². The molecular weight excluding hydrogens is 318 g/mol. The van der Waals surface area contributed by atoms with Crippen molar-refractivity contribution in [2.24, 2.45) is 5.73 Å². The van der Waals surface area contributed by atoms with Gasteiger partial charge in [-0.25, -0.2) is 8.42 Å². The normalized spacial score (nSPS) is 11.1. The van der Waals surface area contributed by atoms with Gasteiger partial charge >= 0.3 is 0 Å². The van der Waals surface area contributed by atoms with Crippen molar-refractivity contribution < 1.29 is 13.2 Å². The number of nitrogens with two attached hydrogens (primary N) is 1. The second kappa shape index (κ2) is 5.58. The molecular formula is C12H10ClN3O4S. The van der Waals surface area contributed by atoms with Crippen molar-refractivity contribution in [3.63, 3.8) is 0 Å². The molecule has 1 heterocycles. The molecule has 2 aromatic rings. The summed E-state index contributed by atoms with van der Waals surface area (Å²) in [5, 5.41) is -0.234. The molecule has 0 fully saturated rings. The number of anilines is 1. The summed E-state index contributed by atoms with van der Waals surface area (Å²) in [6.45, 7) is 0. The average molecular weight is 328 g/mol. The molecule has 1 aromatic heterocycles. The molecule has 1 aromatic carbocycles. The van der Waals surface area contributed by atoms with Crippen molar-refractivity contribution in [2.45, 2.75) is 4.90 Å². The Labute approximate surface area is 124 Å². The molecule has 0 bridgehead atoms. The van der Waals surface area contributed by atoms with E-state index >= 15 is 0 Å². The van der Waals surface area contributed by atoms with Crippen LogP contribution in [0.5, 0.6) is 0 Å². The molecule has 110 valence electrons. The minimum Gasteiger partial charge on any atom is -0.366 e. The molecule has 4 N–H and O–H groups in total. The van der Waals surface area contributed by atoms with E-state index in [1.165, 1.54) is 24.3 Å². The van der Waals surface area contributed by atoms with Crippen molar-refractivity contribution in [2.75, 3.05) is 4.72 Å². The van der Waals surface area contributed by atoms with E-state index in [1.807, 2.05) is 0 Å². The Bertz CT molecular complexity index is 844. The molecule has 0 aliphatic heterocycles. The molecule has 0 saturated carbocycles. The molecule has 1 amide bonds. The second-order valence-electron chi connectivity index (χ2n) is 4.06. The van der Waals surface area contributed by atoms with E-state index in [9.17, 15) is 18.0 Å². The summed E-state index contributed by atoms with van der Waals surface area (Å²) < 4.78 is 26.5. The quantitative estimate of drug-likeness (QED) is 0.773. The molecule has 21 heavy (non-hydrogen) atoms. The number of aromatic nitrogens is 1. The van der Waals surface area contributed by atoms with E-state index in [1.54, 1.807) is 0 Å². The van der Waals surface area contributed by atoms with Gasteiger partial charge in [0.1, 0.15) is 9.92 Å². The van der Waals surface area contributed by atoms with Crippen molar-refractivity contribution in [1.29, 1.82) is 0 Å². The molecule has 0 atom stereocenters. The largest absolute Gasteiger partial charge is 0.366 e. The maximum Gasteiger partial charge on any atom is 0.266 e. The van der Waals surface area contributed by atoms with E-state index in [2.05, 4.69) is 9.71 Å². The summed E-state index contributed by atoms with van der Waals surface area (Å²) >= 11 is 5.59. The van der Waals surface area contributed by atoms with Crippen LogP contribution in [-0.4, -0.2) is 19.3 Å². The molecule has 0 aliphatic carbocycles. The highest BCUT2D eigenvalue weighted by atomic mass is 35.5. The zero-order valence-electron chi connectivity index (χ0n) is 10.5. The van der Waals surface area contributed by atoms with Gasteiger partial charge in [0.15, 0.2) is 0 Å². The average Bonchev–Trinajstić information content (AvgIpc) is 2.42. The Hall–Kier alpha value is -2.32. The first-order chi connectivity index (χ1) is 9.79. The highest BCUT2D eigenvalue weighted by Gasteiger charge is 2.16. The number of rotatable bonds is 4. The second-order valence-corrected chi connectivity index (χ2v) is 6.15. The number of carbonyl (C=O) groups is 1. The van der Waals surface area contributed by atoms with Crippen LogP contribution in [0.1, 0.15) is 10.4 Å². The van der Waals surface area contributed by atoms with Crippen LogP contribution in [0.3, 0.4) is 0 Å². The number of H-pyrrole nitrogens is 1. The minimum absolute atomic E-state index is 0.189. The number of benzene rings is 1. The van der Waals surface area contributed by atoms with E-state index < -0.39 is 21.5 Å². The third-order valence-electron chi connectivity index (χ3n) is 2.56. The van der Waals surface area contributed by atoms with Crippen LogP contribution in [0.25, 0.3) is 0 Å². The van der Waals surface area contributed by atoms with Crippen LogP contribution in [0.15, 0.2) is 46.2 Å². The molecule has 0 radical (unpaired) electrons. The number of hydrogen-bond donors (Lipinski definition) is 3. The summed E-state index contributed by atoms with van der Waals surface area (Å²) in [5.74, 6) is -0.614. The lowest BCUT2D eigenvalue weighted by Gasteiger charge is -2.08. The predicted molar refractivity (Wildman–Crippen MR) is 77.8 cm³/mol.